The number of unbranched alkanes of at least 4 members (excludes halogenated alkanes) is 28. The molecule has 8 nitrogen and oxygen atoms in total. The average molecular weight is 731 g/mol. The topological polar surface area (TPSA) is 131 Å². The number of carbonyl (C=O) groups excluding carboxylic acids is 1. The fraction of sp³-hybridized carbons (Fsp3) is 0.927. The van der Waals surface area contributed by atoms with Crippen LogP contribution in [0, 0.1) is 0 Å². The monoisotopic (exact) mass is 731 g/mol. The maximum atomic E-state index is 12.7. The second-order valence-corrected chi connectivity index (χ2v) is 16.0. The van der Waals surface area contributed by atoms with Gasteiger partial charge in [0.15, 0.2) is 0 Å². The number of allylic oxidation sites excluding steroid dienone is 1. The number of nitrogens with one attached hydrogen (secondary N) is 1. The number of aliphatic hydroxyl groups excluding tert-OH is 1. The first-order valence-corrected chi connectivity index (χ1v) is 22.8. The minimum atomic E-state index is -4.33. The first kappa shape index (κ1) is 49.2. The maximum absolute atomic E-state index is 12.7. The standard InChI is InChI=1S/C41H83N2O6P/c1-3-5-7-9-11-13-15-17-19-20-21-23-25-27-29-31-33-35-41(45)43-39(38-49-50(46,47)48-37-36-42)40(44)34-32-30-28-26-24-22-18-16-14-12-10-8-6-4-2/h32,34,39-40,44H,3-31,33,35-38,42H2,1-2H3,(H,43,45)(H,46,47)/b34-32+. The van der Waals surface area contributed by atoms with Crippen LogP contribution in [0.3, 0.4) is 0 Å². The fourth-order valence-corrected chi connectivity index (χ4v) is 7.13. The van der Waals surface area contributed by atoms with E-state index in [2.05, 4.69) is 19.2 Å². The van der Waals surface area contributed by atoms with Crippen molar-refractivity contribution in [2.75, 3.05) is 19.8 Å². The van der Waals surface area contributed by atoms with Crippen LogP contribution < -0.4 is 11.1 Å². The zero-order chi connectivity index (χ0) is 36.8. The van der Waals surface area contributed by atoms with Crippen LogP contribution in [0.2, 0.25) is 0 Å². The van der Waals surface area contributed by atoms with Crippen molar-refractivity contribution < 1.29 is 28.4 Å². The highest BCUT2D eigenvalue weighted by Gasteiger charge is 2.26. The number of carbonyl (C=O) groups is 1. The van der Waals surface area contributed by atoms with E-state index in [1.807, 2.05) is 6.08 Å². The van der Waals surface area contributed by atoms with Crippen molar-refractivity contribution in [2.45, 2.75) is 225 Å². The Kier molecular flexibility index (Phi) is 37.4. The van der Waals surface area contributed by atoms with E-state index in [-0.39, 0.29) is 25.7 Å². The van der Waals surface area contributed by atoms with E-state index >= 15 is 0 Å². The van der Waals surface area contributed by atoms with Crippen LogP contribution >= 0.6 is 7.82 Å². The molecular formula is C41H83N2O6P. The molecule has 3 unspecified atom stereocenters. The van der Waals surface area contributed by atoms with Crippen LogP contribution in [0.25, 0.3) is 0 Å². The molecule has 0 saturated carbocycles. The van der Waals surface area contributed by atoms with Crippen molar-refractivity contribution >= 4 is 13.7 Å². The molecule has 0 aliphatic rings. The van der Waals surface area contributed by atoms with E-state index in [0.717, 1.165) is 38.5 Å². The van der Waals surface area contributed by atoms with Gasteiger partial charge in [-0.15, -0.1) is 0 Å². The largest absolute Gasteiger partial charge is 0.472 e. The molecule has 0 aromatic carbocycles. The molecule has 5 N–H and O–H groups in total. The number of phosphoric acid groups is 1. The van der Waals surface area contributed by atoms with E-state index in [9.17, 15) is 19.4 Å². The van der Waals surface area contributed by atoms with Gasteiger partial charge >= 0.3 is 7.82 Å². The van der Waals surface area contributed by atoms with Crippen LogP contribution in [-0.2, 0) is 18.4 Å². The van der Waals surface area contributed by atoms with Crippen LogP contribution in [0.1, 0.15) is 213 Å². The van der Waals surface area contributed by atoms with Crippen LogP contribution in [0.5, 0.6) is 0 Å². The molecule has 0 spiro atoms. The fourth-order valence-electron chi connectivity index (χ4n) is 6.37. The molecule has 0 aromatic heterocycles. The minimum Gasteiger partial charge on any atom is -0.387 e. The lowest BCUT2D eigenvalue weighted by atomic mass is 10.0. The summed E-state index contributed by atoms with van der Waals surface area (Å²) in [6.45, 7) is 4.15. The smallest absolute Gasteiger partial charge is 0.387 e. The Morgan fingerprint density at radius 1 is 0.640 bits per heavy atom. The normalized spacial score (nSPS) is 14.3. The number of nitrogens with two attached hydrogens (primary N) is 1. The molecule has 50 heavy (non-hydrogen) atoms. The van der Waals surface area contributed by atoms with E-state index in [4.69, 9.17) is 14.8 Å². The Balaban J connectivity index is 4.19. The van der Waals surface area contributed by atoms with E-state index in [1.165, 1.54) is 154 Å². The molecule has 0 saturated heterocycles. The summed E-state index contributed by atoms with van der Waals surface area (Å²) in [4.78, 5) is 22.7. The molecule has 3 atom stereocenters. The summed E-state index contributed by atoms with van der Waals surface area (Å²) in [6, 6.07) is -0.853. The van der Waals surface area contributed by atoms with Gasteiger partial charge in [0.25, 0.3) is 0 Å². The Labute approximate surface area is 309 Å². The molecule has 0 rings (SSSR count). The molecule has 0 heterocycles. The summed E-state index contributed by atoms with van der Waals surface area (Å²) >= 11 is 0. The third kappa shape index (κ3) is 35.6. The van der Waals surface area contributed by atoms with Gasteiger partial charge < -0.3 is 21.1 Å². The molecule has 1 amide bonds. The van der Waals surface area contributed by atoms with Gasteiger partial charge in [0, 0.05) is 13.0 Å². The lowest BCUT2D eigenvalue weighted by molar-refractivity contribution is -0.123. The van der Waals surface area contributed by atoms with Gasteiger partial charge in [-0.1, -0.05) is 199 Å². The summed E-state index contributed by atoms with van der Waals surface area (Å²) in [5.74, 6) is -0.191. The minimum absolute atomic E-state index is 0.0813. The predicted octanol–water partition coefficient (Wildman–Crippen LogP) is 11.6. The third-order valence-corrected chi connectivity index (χ3v) is 10.6. The van der Waals surface area contributed by atoms with Crippen molar-refractivity contribution in [1.29, 1.82) is 0 Å². The van der Waals surface area contributed by atoms with Gasteiger partial charge in [-0.05, 0) is 19.3 Å². The van der Waals surface area contributed by atoms with Gasteiger partial charge in [-0.2, -0.15) is 0 Å². The van der Waals surface area contributed by atoms with Crippen LogP contribution in [-0.4, -0.2) is 47.8 Å². The lowest BCUT2D eigenvalue weighted by Crippen LogP contribution is -2.45. The summed E-state index contributed by atoms with van der Waals surface area (Å²) in [6.07, 6.45) is 41.1. The highest BCUT2D eigenvalue weighted by atomic mass is 31.2. The Morgan fingerprint density at radius 2 is 1.02 bits per heavy atom. The molecular weight excluding hydrogens is 647 g/mol. The average Bonchev–Trinajstić information content (AvgIpc) is 3.10. The zero-order valence-corrected chi connectivity index (χ0v) is 33.8. The van der Waals surface area contributed by atoms with Crippen LogP contribution in [0.15, 0.2) is 12.2 Å². The molecule has 9 heteroatoms. The van der Waals surface area contributed by atoms with Gasteiger partial charge in [0.2, 0.25) is 5.91 Å². The van der Waals surface area contributed by atoms with Gasteiger partial charge in [-0.25, -0.2) is 4.57 Å². The van der Waals surface area contributed by atoms with Crippen molar-refractivity contribution in [3.05, 3.63) is 12.2 Å². The van der Waals surface area contributed by atoms with E-state index in [1.54, 1.807) is 6.08 Å². The van der Waals surface area contributed by atoms with Crippen molar-refractivity contribution in [3.8, 4) is 0 Å². The van der Waals surface area contributed by atoms with Crippen molar-refractivity contribution in [1.82, 2.24) is 5.32 Å². The molecule has 0 radical (unpaired) electrons. The van der Waals surface area contributed by atoms with Gasteiger partial charge in [0.05, 0.1) is 25.4 Å². The quantitative estimate of drug-likeness (QED) is 0.0280. The highest BCUT2D eigenvalue weighted by Crippen LogP contribution is 2.43. The number of aliphatic hydroxyl groups is 1. The highest BCUT2D eigenvalue weighted by molar-refractivity contribution is 7.47. The van der Waals surface area contributed by atoms with Gasteiger partial charge in [-0.3, -0.25) is 13.8 Å². The van der Waals surface area contributed by atoms with E-state index < -0.39 is 20.0 Å². The number of phosphoric ester groups is 1. The van der Waals surface area contributed by atoms with Gasteiger partial charge in [0.1, 0.15) is 0 Å². The third-order valence-electron chi connectivity index (χ3n) is 9.61. The zero-order valence-electron chi connectivity index (χ0n) is 32.9. The Bertz CT molecular complexity index is 799. The number of amides is 1. The maximum Gasteiger partial charge on any atom is 0.472 e. The molecule has 0 fully saturated rings. The first-order chi connectivity index (χ1) is 24.4. The first-order valence-electron chi connectivity index (χ1n) is 21.3. The molecule has 0 aliphatic carbocycles. The van der Waals surface area contributed by atoms with Crippen molar-refractivity contribution in [2.24, 2.45) is 5.73 Å². The summed E-state index contributed by atoms with van der Waals surface area (Å²) in [5, 5.41) is 13.7. The Morgan fingerprint density at radius 3 is 1.42 bits per heavy atom. The second-order valence-electron chi connectivity index (χ2n) is 14.6. The number of hydrogen-bond donors (Lipinski definition) is 4. The SMILES string of the molecule is CCCCCCCCCCCCCC/C=C/C(O)C(COP(=O)(O)OCCN)NC(=O)CCCCCCCCCCCCCCCCCCC. The second kappa shape index (κ2) is 38.0. The Hall–Kier alpha value is -0.760. The molecule has 0 aromatic rings. The summed E-state index contributed by atoms with van der Waals surface area (Å²) in [7, 11) is -4.33. The molecule has 0 aliphatic heterocycles. The summed E-state index contributed by atoms with van der Waals surface area (Å²) < 4.78 is 22.1. The lowest BCUT2D eigenvalue weighted by Gasteiger charge is -2.23. The molecule has 298 valence electrons. The number of hydrogen-bond acceptors (Lipinski definition) is 6. The summed E-state index contributed by atoms with van der Waals surface area (Å²) in [5.41, 5.74) is 5.37. The van der Waals surface area contributed by atoms with E-state index in [0.29, 0.717) is 6.42 Å². The molecule has 0 bridgehead atoms. The van der Waals surface area contributed by atoms with Crippen molar-refractivity contribution in [3.63, 3.8) is 0 Å². The van der Waals surface area contributed by atoms with Crippen LogP contribution in [0.4, 0.5) is 0 Å². The predicted molar refractivity (Wildman–Crippen MR) is 212 cm³/mol. The number of rotatable bonds is 40.